The van der Waals surface area contributed by atoms with Gasteiger partial charge in [-0.05, 0) is 26.3 Å². The van der Waals surface area contributed by atoms with Crippen LogP contribution in [0, 0.1) is 0 Å². The van der Waals surface area contributed by atoms with Crippen LogP contribution in [0.1, 0.15) is 37.2 Å². The molecule has 3 nitrogen and oxygen atoms in total. The van der Waals surface area contributed by atoms with Crippen LogP contribution in [0.3, 0.4) is 0 Å². The first-order valence-corrected chi connectivity index (χ1v) is 6.56. The summed E-state index contributed by atoms with van der Waals surface area (Å²) in [7, 11) is 0. The molecular formula is C11H20ClN3S. The molecule has 2 N–H and O–H groups in total. The molecule has 0 amide bonds. The Morgan fingerprint density at radius 1 is 1.62 bits per heavy atom. The Kier molecular flexibility index (Phi) is 5.69. The summed E-state index contributed by atoms with van der Waals surface area (Å²) in [5.41, 5.74) is 5.83. The largest absolute Gasteiger partial charge is 0.329 e. The lowest BCUT2D eigenvalue weighted by Gasteiger charge is -2.38. The fraction of sp³-hybridized carbons (Fsp3) is 0.727. The number of piperidine rings is 1. The average Bonchev–Trinajstić information content (AvgIpc) is 2.81. The van der Waals surface area contributed by atoms with E-state index in [1.165, 1.54) is 30.8 Å². The minimum atomic E-state index is 0. The summed E-state index contributed by atoms with van der Waals surface area (Å²) in [6, 6.07) is 0.983. The summed E-state index contributed by atoms with van der Waals surface area (Å²) in [5.74, 6) is 0. The number of thiazole rings is 1. The van der Waals surface area contributed by atoms with E-state index in [4.69, 9.17) is 5.73 Å². The molecule has 0 aromatic carbocycles. The van der Waals surface area contributed by atoms with Gasteiger partial charge in [0.2, 0.25) is 0 Å². The van der Waals surface area contributed by atoms with Crippen molar-refractivity contribution in [2.75, 3.05) is 13.1 Å². The lowest BCUT2D eigenvalue weighted by atomic mass is 10.0. The van der Waals surface area contributed by atoms with Crippen molar-refractivity contribution < 1.29 is 0 Å². The Morgan fingerprint density at radius 2 is 2.44 bits per heavy atom. The van der Waals surface area contributed by atoms with Gasteiger partial charge in [0.05, 0.1) is 6.04 Å². The van der Waals surface area contributed by atoms with Crippen molar-refractivity contribution in [1.29, 1.82) is 0 Å². The molecule has 0 aliphatic carbocycles. The van der Waals surface area contributed by atoms with E-state index >= 15 is 0 Å². The van der Waals surface area contributed by atoms with Gasteiger partial charge in [-0.25, -0.2) is 4.98 Å². The van der Waals surface area contributed by atoms with Crippen LogP contribution in [0.15, 0.2) is 11.6 Å². The lowest BCUT2D eigenvalue weighted by molar-refractivity contribution is 0.108. The molecule has 1 saturated heterocycles. The van der Waals surface area contributed by atoms with Gasteiger partial charge >= 0.3 is 0 Å². The van der Waals surface area contributed by atoms with E-state index in [0.717, 1.165) is 6.54 Å². The normalized spacial score (nSPS) is 23.8. The molecule has 1 fully saturated rings. The first-order valence-electron chi connectivity index (χ1n) is 5.68. The van der Waals surface area contributed by atoms with E-state index in [-0.39, 0.29) is 12.4 Å². The van der Waals surface area contributed by atoms with Crippen molar-refractivity contribution in [3.05, 3.63) is 16.6 Å². The highest BCUT2D eigenvalue weighted by atomic mass is 35.5. The van der Waals surface area contributed by atoms with Crippen LogP contribution in [0.5, 0.6) is 0 Å². The zero-order valence-electron chi connectivity index (χ0n) is 9.63. The Bertz CT molecular complexity index is 291. The maximum absolute atomic E-state index is 5.83. The highest BCUT2D eigenvalue weighted by Crippen LogP contribution is 2.28. The number of hydrogen-bond donors (Lipinski definition) is 1. The third-order valence-corrected chi connectivity index (χ3v) is 4.20. The summed E-state index contributed by atoms with van der Waals surface area (Å²) < 4.78 is 0. The van der Waals surface area contributed by atoms with Gasteiger partial charge in [-0.15, -0.1) is 23.7 Å². The molecule has 1 aromatic rings. The van der Waals surface area contributed by atoms with Crippen LogP contribution in [-0.2, 0) is 0 Å². The molecule has 2 atom stereocenters. The molecule has 2 rings (SSSR count). The second-order valence-electron chi connectivity index (χ2n) is 4.17. The van der Waals surface area contributed by atoms with Gasteiger partial charge < -0.3 is 5.73 Å². The van der Waals surface area contributed by atoms with Gasteiger partial charge in [-0.2, -0.15) is 0 Å². The van der Waals surface area contributed by atoms with Gasteiger partial charge in [0.15, 0.2) is 0 Å². The fourth-order valence-electron chi connectivity index (χ4n) is 2.37. The molecule has 5 heteroatoms. The van der Waals surface area contributed by atoms with Gasteiger partial charge in [0.25, 0.3) is 0 Å². The number of likely N-dealkylation sites (tertiary alicyclic amines) is 1. The van der Waals surface area contributed by atoms with Crippen molar-refractivity contribution in [3.63, 3.8) is 0 Å². The molecule has 92 valence electrons. The van der Waals surface area contributed by atoms with Crippen LogP contribution >= 0.6 is 23.7 Å². The summed E-state index contributed by atoms with van der Waals surface area (Å²) in [4.78, 5) is 6.91. The molecule has 0 radical (unpaired) electrons. The highest BCUT2D eigenvalue weighted by molar-refractivity contribution is 7.09. The molecule has 0 bridgehead atoms. The summed E-state index contributed by atoms with van der Waals surface area (Å²) >= 11 is 1.74. The van der Waals surface area contributed by atoms with Gasteiger partial charge in [0, 0.05) is 24.2 Å². The van der Waals surface area contributed by atoms with Crippen LogP contribution in [0.25, 0.3) is 0 Å². The Hall–Kier alpha value is -0.160. The standard InChI is InChI=1S/C11H19N3S.ClH/c1-9(11-13-5-7-15-11)14-6-3-2-4-10(14)8-12;/h5,7,9-10H,2-4,6,8,12H2,1H3;1H. The Morgan fingerprint density at radius 3 is 3.06 bits per heavy atom. The maximum atomic E-state index is 5.83. The molecular weight excluding hydrogens is 242 g/mol. The smallest absolute Gasteiger partial charge is 0.109 e. The first-order chi connectivity index (χ1) is 7.33. The van der Waals surface area contributed by atoms with E-state index in [1.807, 2.05) is 11.6 Å². The van der Waals surface area contributed by atoms with Crippen molar-refractivity contribution in [1.82, 2.24) is 9.88 Å². The molecule has 16 heavy (non-hydrogen) atoms. The predicted molar refractivity (Wildman–Crippen MR) is 71.2 cm³/mol. The van der Waals surface area contributed by atoms with E-state index in [1.54, 1.807) is 11.3 Å². The Labute approximate surface area is 107 Å². The van der Waals surface area contributed by atoms with Gasteiger partial charge in [0.1, 0.15) is 5.01 Å². The third-order valence-electron chi connectivity index (χ3n) is 3.25. The second-order valence-corrected chi connectivity index (χ2v) is 5.10. The number of rotatable bonds is 3. The van der Waals surface area contributed by atoms with Crippen molar-refractivity contribution in [2.24, 2.45) is 5.73 Å². The number of nitrogens with zero attached hydrogens (tertiary/aromatic N) is 2. The van der Waals surface area contributed by atoms with E-state index in [9.17, 15) is 0 Å². The van der Waals surface area contributed by atoms with Crippen molar-refractivity contribution in [3.8, 4) is 0 Å². The predicted octanol–water partition coefficient (Wildman–Crippen LogP) is 2.44. The monoisotopic (exact) mass is 261 g/mol. The minimum absolute atomic E-state index is 0. The molecule has 0 saturated carbocycles. The summed E-state index contributed by atoms with van der Waals surface area (Å²) in [6.07, 6.45) is 5.75. The van der Waals surface area contributed by atoms with Gasteiger partial charge in [-0.3, -0.25) is 4.90 Å². The van der Waals surface area contributed by atoms with E-state index in [0.29, 0.717) is 12.1 Å². The van der Waals surface area contributed by atoms with Gasteiger partial charge in [-0.1, -0.05) is 6.42 Å². The van der Waals surface area contributed by atoms with Crippen LogP contribution in [0.4, 0.5) is 0 Å². The lowest BCUT2D eigenvalue weighted by Crippen LogP contribution is -2.45. The molecule has 2 unspecified atom stereocenters. The first kappa shape index (κ1) is 13.9. The summed E-state index contributed by atoms with van der Waals surface area (Å²) in [6.45, 7) is 4.19. The van der Waals surface area contributed by atoms with Crippen LogP contribution in [-0.4, -0.2) is 29.0 Å². The Balaban J connectivity index is 0.00000128. The zero-order valence-corrected chi connectivity index (χ0v) is 11.3. The molecule has 0 spiro atoms. The minimum Gasteiger partial charge on any atom is -0.329 e. The topological polar surface area (TPSA) is 42.2 Å². The third kappa shape index (κ3) is 2.94. The zero-order chi connectivity index (χ0) is 10.7. The highest BCUT2D eigenvalue weighted by Gasteiger charge is 2.27. The number of nitrogens with two attached hydrogens (primary N) is 1. The number of hydrogen-bond acceptors (Lipinski definition) is 4. The average molecular weight is 262 g/mol. The molecule has 1 aliphatic heterocycles. The molecule has 1 aromatic heterocycles. The summed E-state index contributed by atoms with van der Waals surface area (Å²) in [5, 5.41) is 3.27. The van der Waals surface area contributed by atoms with Crippen LogP contribution in [0.2, 0.25) is 0 Å². The second kappa shape index (κ2) is 6.55. The maximum Gasteiger partial charge on any atom is 0.109 e. The fourth-order valence-corrected chi connectivity index (χ4v) is 3.08. The molecule has 2 heterocycles. The van der Waals surface area contributed by atoms with Crippen molar-refractivity contribution in [2.45, 2.75) is 38.3 Å². The van der Waals surface area contributed by atoms with Crippen molar-refractivity contribution >= 4 is 23.7 Å². The van der Waals surface area contributed by atoms with E-state index in [2.05, 4.69) is 16.8 Å². The SMILES string of the molecule is CC(c1nccs1)N1CCCCC1CN.Cl. The van der Waals surface area contributed by atoms with Crippen LogP contribution < -0.4 is 5.73 Å². The van der Waals surface area contributed by atoms with E-state index < -0.39 is 0 Å². The molecule has 1 aliphatic rings. The number of halogens is 1. The number of aromatic nitrogens is 1. The quantitative estimate of drug-likeness (QED) is 0.909.